The van der Waals surface area contributed by atoms with Crippen LogP contribution in [0.4, 0.5) is 5.69 Å². The molecule has 0 spiro atoms. The van der Waals surface area contributed by atoms with Crippen molar-refractivity contribution in [2.75, 3.05) is 45.9 Å². The predicted octanol–water partition coefficient (Wildman–Crippen LogP) is 3.95. The molecule has 8 nitrogen and oxygen atoms in total. The van der Waals surface area contributed by atoms with E-state index in [-0.39, 0.29) is 18.0 Å². The molecule has 1 amide bonds. The van der Waals surface area contributed by atoms with Crippen LogP contribution in [0, 0.1) is 20.8 Å². The van der Waals surface area contributed by atoms with Gasteiger partial charge in [0.2, 0.25) is 0 Å². The first-order valence-electron chi connectivity index (χ1n) is 13.3. The van der Waals surface area contributed by atoms with Crippen LogP contribution in [0.25, 0.3) is 0 Å². The van der Waals surface area contributed by atoms with E-state index < -0.39 is 0 Å². The Hall–Kier alpha value is -2.84. The Bertz CT molecular complexity index is 1120. The van der Waals surface area contributed by atoms with Gasteiger partial charge in [-0.25, -0.2) is 0 Å². The van der Waals surface area contributed by atoms with Crippen molar-refractivity contribution in [2.45, 2.75) is 72.0 Å². The molecule has 3 rings (SSSR count). The largest absolute Gasteiger partial charge is 0.497 e. The maximum absolute atomic E-state index is 13.3. The summed E-state index contributed by atoms with van der Waals surface area (Å²) in [5.74, 6) is 0.443. The number of benzene rings is 1. The molecular weight excluding hydrogens is 468 g/mol. The minimum Gasteiger partial charge on any atom is -0.497 e. The number of anilines is 1. The van der Waals surface area contributed by atoms with Crippen LogP contribution >= 0.6 is 0 Å². The molecule has 204 valence electrons. The minimum absolute atomic E-state index is 0.165. The maximum Gasteiger partial charge on any atom is 0.253 e. The highest BCUT2D eigenvalue weighted by atomic mass is 16.5. The highest BCUT2D eigenvalue weighted by Crippen LogP contribution is 2.35. The van der Waals surface area contributed by atoms with Crippen molar-refractivity contribution in [3.8, 4) is 5.75 Å². The second kappa shape index (κ2) is 13.1. The molecule has 0 saturated heterocycles. The molecule has 1 saturated carbocycles. The van der Waals surface area contributed by atoms with Gasteiger partial charge in [-0.05, 0) is 83.7 Å². The summed E-state index contributed by atoms with van der Waals surface area (Å²) >= 11 is 0. The second-order valence-electron chi connectivity index (χ2n) is 10.2. The molecule has 0 radical (unpaired) electrons. The predicted molar refractivity (Wildman–Crippen MR) is 149 cm³/mol. The monoisotopic (exact) mass is 512 g/mol. The first-order chi connectivity index (χ1) is 17.7. The minimum atomic E-state index is -0.212. The Labute approximate surface area is 221 Å². The zero-order chi connectivity index (χ0) is 27.1. The van der Waals surface area contributed by atoms with Gasteiger partial charge in [-0.15, -0.1) is 0 Å². The first-order valence-corrected chi connectivity index (χ1v) is 13.3. The van der Waals surface area contributed by atoms with E-state index in [1.807, 2.05) is 32.9 Å². The third-order valence-electron chi connectivity index (χ3n) is 7.78. The van der Waals surface area contributed by atoms with Gasteiger partial charge in [0.15, 0.2) is 0 Å². The summed E-state index contributed by atoms with van der Waals surface area (Å²) in [6.07, 6.45) is 4.48. The van der Waals surface area contributed by atoms with Crippen molar-refractivity contribution in [2.24, 2.45) is 0 Å². The van der Waals surface area contributed by atoms with Gasteiger partial charge in [0.1, 0.15) is 5.75 Å². The van der Waals surface area contributed by atoms with Gasteiger partial charge >= 0.3 is 0 Å². The van der Waals surface area contributed by atoms with E-state index in [2.05, 4.69) is 34.1 Å². The van der Waals surface area contributed by atoms with Gasteiger partial charge in [0.25, 0.3) is 11.5 Å². The summed E-state index contributed by atoms with van der Waals surface area (Å²) in [6, 6.07) is 6.73. The van der Waals surface area contributed by atoms with Crippen molar-refractivity contribution in [1.29, 1.82) is 0 Å². The molecular formula is C29H44N4O4. The van der Waals surface area contributed by atoms with E-state index in [9.17, 15) is 9.59 Å². The fraction of sp³-hybridized carbons (Fsp3) is 0.586. The third kappa shape index (κ3) is 6.93. The van der Waals surface area contributed by atoms with Gasteiger partial charge in [0, 0.05) is 67.4 Å². The number of likely N-dealkylation sites (N-methyl/N-ethyl adjacent to an activating group) is 1. The molecule has 1 fully saturated rings. The number of aromatic nitrogens is 1. The van der Waals surface area contributed by atoms with Crippen molar-refractivity contribution < 1.29 is 14.3 Å². The number of carbonyl (C=O) groups excluding carboxylic acids is 1. The Morgan fingerprint density at radius 3 is 2.35 bits per heavy atom. The maximum atomic E-state index is 13.3. The smallest absolute Gasteiger partial charge is 0.253 e. The van der Waals surface area contributed by atoms with Crippen LogP contribution < -0.4 is 20.5 Å². The first kappa shape index (κ1) is 28.7. The van der Waals surface area contributed by atoms with Gasteiger partial charge in [0.05, 0.1) is 13.7 Å². The third-order valence-corrected chi connectivity index (χ3v) is 7.78. The van der Waals surface area contributed by atoms with Crippen LogP contribution in [0.2, 0.25) is 0 Å². The number of nitrogens with one attached hydrogen (secondary N) is 2. The van der Waals surface area contributed by atoms with Crippen LogP contribution in [0.1, 0.15) is 65.3 Å². The topological polar surface area (TPSA) is 86.9 Å². The molecule has 0 atom stereocenters. The number of hydrogen-bond acceptors (Lipinski definition) is 6. The van der Waals surface area contributed by atoms with E-state index >= 15 is 0 Å². The molecule has 0 bridgehead atoms. The average molecular weight is 513 g/mol. The van der Waals surface area contributed by atoms with Gasteiger partial charge in [-0.1, -0.05) is 0 Å². The van der Waals surface area contributed by atoms with Gasteiger partial charge < -0.3 is 29.6 Å². The molecule has 1 aliphatic carbocycles. The number of aromatic amines is 1. The molecule has 1 heterocycles. The lowest BCUT2D eigenvalue weighted by molar-refractivity contribution is 0.0949. The van der Waals surface area contributed by atoms with Gasteiger partial charge in [-0.3, -0.25) is 9.59 Å². The van der Waals surface area contributed by atoms with Crippen molar-refractivity contribution in [3.63, 3.8) is 0 Å². The Kier molecular flexibility index (Phi) is 10.2. The van der Waals surface area contributed by atoms with E-state index in [1.54, 1.807) is 20.3 Å². The molecule has 1 aromatic carbocycles. The van der Waals surface area contributed by atoms with Crippen molar-refractivity contribution >= 4 is 11.6 Å². The lowest BCUT2D eigenvalue weighted by Gasteiger charge is -2.41. The number of ether oxygens (including phenoxy) is 2. The SMILES string of the molecule is CCN(c1cc(OC)cc(C(=O)NCc2c(C)cc(C)[nH]c2=O)c1C)[C@H]1CC[C@H](N(C)CCOC)CC1. The summed E-state index contributed by atoms with van der Waals surface area (Å²) in [6.45, 7) is 10.6. The number of carbonyl (C=O) groups is 1. The molecule has 1 aliphatic rings. The number of H-pyrrole nitrogens is 1. The summed E-state index contributed by atoms with van der Waals surface area (Å²) in [4.78, 5) is 33.4. The van der Waals surface area contributed by atoms with Crippen LogP contribution in [0.5, 0.6) is 5.75 Å². The van der Waals surface area contributed by atoms with E-state index in [1.165, 1.54) is 0 Å². The zero-order valence-electron chi connectivity index (χ0n) is 23.6. The molecule has 0 aliphatic heterocycles. The molecule has 1 aromatic heterocycles. The second-order valence-corrected chi connectivity index (χ2v) is 10.2. The summed E-state index contributed by atoms with van der Waals surface area (Å²) in [7, 11) is 5.56. The van der Waals surface area contributed by atoms with Crippen LogP contribution in [0.15, 0.2) is 23.0 Å². The number of hydrogen-bond donors (Lipinski definition) is 2. The fourth-order valence-electron chi connectivity index (χ4n) is 5.54. The number of methoxy groups -OCH3 is 2. The quantitative estimate of drug-likeness (QED) is 0.474. The van der Waals surface area contributed by atoms with E-state index in [4.69, 9.17) is 9.47 Å². The Morgan fingerprint density at radius 1 is 1.08 bits per heavy atom. The summed E-state index contributed by atoms with van der Waals surface area (Å²) in [5.41, 5.74) is 4.61. The Balaban J connectivity index is 1.79. The highest BCUT2D eigenvalue weighted by molar-refractivity contribution is 5.97. The molecule has 2 aromatic rings. The van der Waals surface area contributed by atoms with Crippen molar-refractivity contribution in [3.05, 3.63) is 56.5 Å². The molecule has 37 heavy (non-hydrogen) atoms. The summed E-state index contributed by atoms with van der Waals surface area (Å²) < 4.78 is 10.9. The van der Waals surface area contributed by atoms with Crippen LogP contribution in [-0.2, 0) is 11.3 Å². The number of pyridine rings is 1. The fourth-order valence-corrected chi connectivity index (χ4v) is 5.54. The zero-order valence-corrected chi connectivity index (χ0v) is 23.6. The van der Waals surface area contributed by atoms with Crippen LogP contribution in [0.3, 0.4) is 0 Å². The van der Waals surface area contributed by atoms with Gasteiger partial charge in [-0.2, -0.15) is 0 Å². The van der Waals surface area contributed by atoms with E-state index in [0.29, 0.717) is 29.0 Å². The normalized spacial score (nSPS) is 17.6. The number of nitrogens with zero attached hydrogens (tertiary/aromatic N) is 2. The average Bonchev–Trinajstić information content (AvgIpc) is 2.88. The number of aryl methyl sites for hydroxylation is 2. The lowest BCUT2D eigenvalue weighted by atomic mass is 9.88. The van der Waals surface area contributed by atoms with E-state index in [0.717, 1.165) is 67.9 Å². The van der Waals surface area contributed by atoms with Crippen molar-refractivity contribution in [1.82, 2.24) is 15.2 Å². The molecule has 8 heteroatoms. The van der Waals surface area contributed by atoms with Crippen LogP contribution in [-0.4, -0.2) is 68.8 Å². The number of amides is 1. The number of rotatable bonds is 11. The Morgan fingerprint density at radius 2 is 1.76 bits per heavy atom. The molecule has 2 N–H and O–H groups in total. The standard InChI is InChI=1S/C29H44N4O4/c1-8-33(23-11-9-22(10-12-23)32(5)13-14-36-6)27-17-24(37-7)16-25(21(27)4)28(34)30-18-26-19(2)15-20(3)31-29(26)35/h15-17,22-23H,8-14,18H2,1-7H3,(H,30,34)(H,31,35)/t22-,23-. The highest BCUT2D eigenvalue weighted by Gasteiger charge is 2.29. The molecule has 0 unspecified atom stereocenters. The lowest BCUT2D eigenvalue weighted by Crippen LogP contribution is -2.44. The summed E-state index contributed by atoms with van der Waals surface area (Å²) in [5, 5.41) is 2.96.